The van der Waals surface area contributed by atoms with Crippen LogP contribution in [0.5, 0.6) is 5.75 Å². The van der Waals surface area contributed by atoms with Crippen molar-refractivity contribution in [2.24, 2.45) is 0 Å². The molecule has 0 aromatic heterocycles. The van der Waals surface area contributed by atoms with E-state index >= 15 is 0 Å². The molecule has 0 bridgehead atoms. The van der Waals surface area contributed by atoms with Crippen molar-refractivity contribution in [1.29, 1.82) is 0 Å². The van der Waals surface area contributed by atoms with Crippen molar-refractivity contribution in [3.8, 4) is 5.75 Å². The number of piperidine rings is 1. The van der Waals surface area contributed by atoms with Crippen molar-refractivity contribution in [3.63, 3.8) is 0 Å². The van der Waals surface area contributed by atoms with Crippen molar-refractivity contribution in [2.45, 2.75) is 25.5 Å². The molecule has 0 atom stereocenters. The molecule has 1 heterocycles. The Balaban J connectivity index is 1.98. The van der Waals surface area contributed by atoms with Crippen LogP contribution < -0.4 is 10.1 Å². The molecule has 1 aliphatic heterocycles. The summed E-state index contributed by atoms with van der Waals surface area (Å²) in [4.78, 5) is 12.2. The molecule has 1 saturated heterocycles. The summed E-state index contributed by atoms with van der Waals surface area (Å²) in [5.41, 5.74) is 0.0262. The first kappa shape index (κ1) is 17.6. The third-order valence-corrected chi connectivity index (χ3v) is 4.91. The fraction of sp³-hybridized carbons (Fsp3) is 0.500. The van der Waals surface area contributed by atoms with E-state index in [1.807, 2.05) is 0 Å². The normalized spacial score (nSPS) is 17.2. The molecule has 6 nitrogen and oxygen atoms in total. The Labute approximate surface area is 133 Å². The van der Waals surface area contributed by atoms with Gasteiger partial charge in [-0.1, -0.05) is 12.1 Å². The zero-order valence-corrected chi connectivity index (χ0v) is 13.4. The van der Waals surface area contributed by atoms with Crippen LogP contribution in [-0.2, 0) is 10.0 Å². The zero-order valence-electron chi connectivity index (χ0n) is 12.5. The number of hydrogen-bond acceptors (Lipinski definition) is 4. The average Bonchev–Trinajstić information content (AvgIpc) is 2.46. The van der Waals surface area contributed by atoms with Crippen LogP contribution in [0.4, 0.5) is 8.78 Å². The van der Waals surface area contributed by atoms with Gasteiger partial charge in [-0.3, -0.25) is 4.79 Å². The molecule has 1 aliphatic rings. The largest absolute Gasteiger partial charge is 0.434 e. The molecule has 1 N–H and O–H groups in total. The number of benzene rings is 1. The van der Waals surface area contributed by atoms with E-state index in [0.29, 0.717) is 25.9 Å². The molecule has 0 saturated carbocycles. The third-order valence-electron chi connectivity index (χ3n) is 3.61. The van der Waals surface area contributed by atoms with Gasteiger partial charge in [0.2, 0.25) is 10.0 Å². The molecule has 1 fully saturated rings. The number of amides is 1. The van der Waals surface area contributed by atoms with E-state index in [4.69, 9.17) is 0 Å². The summed E-state index contributed by atoms with van der Waals surface area (Å²) in [6, 6.07) is 5.55. The summed E-state index contributed by atoms with van der Waals surface area (Å²) in [5.74, 6) is -0.701. The second-order valence-corrected chi connectivity index (χ2v) is 7.27. The van der Waals surface area contributed by atoms with Crippen molar-refractivity contribution < 1.29 is 26.7 Å². The number of hydrogen-bond donors (Lipinski definition) is 1. The lowest BCUT2D eigenvalue weighted by Crippen LogP contribution is -2.46. The Morgan fingerprint density at radius 3 is 2.48 bits per heavy atom. The fourth-order valence-electron chi connectivity index (χ4n) is 2.45. The minimum Gasteiger partial charge on any atom is -0.434 e. The van der Waals surface area contributed by atoms with Gasteiger partial charge in [-0.2, -0.15) is 8.78 Å². The van der Waals surface area contributed by atoms with E-state index in [1.165, 1.54) is 22.5 Å². The van der Waals surface area contributed by atoms with Crippen LogP contribution in [0.25, 0.3) is 0 Å². The third kappa shape index (κ3) is 4.87. The van der Waals surface area contributed by atoms with Gasteiger partial charge in [0, 0.05) is 19.1 Å². The predicted octanol–water partition coefficient (Wildman–Crippen LogP) is 1.44. The summed E-state index contributed by atoms with van der Waals surface area (Å²) < 4.78 is 53.3. The van der Waals surface area contributed by atoms with Gasteiger partial charge in [0.1, 0.15) is 5.75 Å². The number of alkyl halides is 2. The number of halogens is 2. The van der Waals surface area contributed by atoms with Crippen molar-refractivity contribution in [3.05, 3.63) is 29.8 Å². The summed E-state index contributed by atoms with van der Waals surface area (Å²) in [6.45, 7) is -2.38. The molecule has 0 unspecified atom stereocenters. The number of sulfonamides is 1. The van der Waals surface area contributed by atoms with Crippen LogP contribution in [0.3, 0.4) is 0 Å². The molecule has 1 aromatic rings. The van der Waals surface area contributed by atoms with E-state index in [-0.39, 0.29) is 17.4 Å². The minimum absolute atomic E-state index is 0.0262. The molecule has 128 valence electrons. The quantitative estimate of drug-likeness (QED) is 0.874. The zero-order chi connectivity index (χ0) is 17.0. The molecular weight excluding hydrogens is 330 g/mol. The van der Waals surface area contributed by atoms with Gasteiger partial charge >= 0.3 is 6.61 Å². The van der Waals surface area contributed by atoms with E-state index in [9.17, 15) is 22.0 Å². The highest BCUT2D eigenvalue weighted by Crippen LogP contribution is 2.21. The number of nitrogens with one attached hydrogen (secondary N) is 1. The van der Waals surface area contributed by atoms with Crippen molar-refractivity contribution in [1.82, 2.24) is 9.62 Å². The van der Waals surface area contributed by atoms with Gasteiger partial charge in [0.15, 0.2) is 0 Å². The maximum atomic E-state index is 12.4. The average molecular weight is 348 g/mol. The lowest BCUT2D eigenvalue weighted by Gasteiger charge is -2.30. The van der Waals surface area contributed by atoms with E-state index in [0.717, 1.165) is 6.26 Å². The molecule has 0 radical (unpaired) electrons. The van der Waals surface area contributed by atoms with Gasteiger partial charge < -0.3 is 10.1 Å². The molecule has 1 aromatic carbocycles. The molecular formula is C14H18F2N2O4S. The van der Waals surface area contributed by atoms with Gasteiger partial charge in [0.05, 0.1) is 11.8 Å². The lowest BCUT2D eigenvalue weighted by molar-refractivity contribution is -0.0501. The maximum Gasteiger partial charge on any atom is 0.387 e. The first-order valence-electron chi connectivity index (χ1n) is 7.07. The Hall–Kier alpha value is -1.74. The smallest absolute Gasteiger partial charge is 0.387 e. The summed E-state index contributed by atoms with van der Waals surface area (Å²) in [5, 5.41) is 2.74. The number of rotatable bonds is 5. The van der Waals surface area contributed by atoms with Crippen LogP contribution >= 0.6 is 0 Å². The number of ether oxygens (including phenoxy) is 1. The second kappa shape index (κ2) is 7.22. The highest BCUT2D eigenvalue weighted by Gasteiger charge is 2.26. The number of nitrogens with zero attached hydrogens (tertiary/aromatic N) is 1. The predicted molar refractivity (Wildman–Crippen MR) is 80.0 cm³/mol. The van der Waals surface area contributed by atoms with E-state index in [1.54, 1.807) is 6.07 Å². The molecule has 9 heteroatoms. The van der Waals surface area contributed by atoms with Gasteiger partial charge in [-0.05, 0) is 25.0 Å². The molecule has 0 spiro atoms. The van der Waals surface area contributed by atoms with Crippen LogP contribution in [0.2, 0.25) is 0 Å². The van der Waals surface area contributed by atoms with Crippen molar-refractivity contribution in [2.75, 3.05) is 19.3 Å². The van der Waals surface area contributed by atoms with Gasteiger partial charge in [0.25, 0.3) is 5.91 Å². The lowest BCUT2D eigenvalue weighted by atomic mass is 10.1. The molecule has 1 amide bonds. The highest BCUT2D eigenvalue weighted by molar-refractivity contribution is 7.88. The van der Waals surface area contributed by atoms with Crippen LogP contribution in [0.15, 0.2) is 24.3 Å². The minimum atomic E-state index is -3.23. The summed E-state index contributed by atoms with van der Waals surface area (Å²) in [7, 11) is -3.23. The molecule has 0 aliphatic carbocycles. The Morgan fingerprint density at radius 1 is 1.30 bits per heavy atom. The molecule has 23 heavy (non-hydrogen) atoms. The van der Waals surface area contributed by atoms with E-state index < -0.39 is 22.5 Å². The van der Waals surface area contributed by atoms with Gasteiger partial charge in [-0.15, -0.1) is 0 Å². The van der Waals surface area contributed by atoms with Crippen LogP contribution in [0, 0.1) is 0 Å². The first-order valence-corrected chi connectivity index (χ1v) is 8.92. The van der Waals surface area contributed by atoms with Crippen LogP contribution in [0.1, 0.15) is 23.2 Å². The summed E-state index contributed by atoms with van der Waals surface area (Å²) >= 11 is 0. The number of carbonyl (C=O) groups is 1. The first-order chi connectivity index (χ1) is 10.8. The monoisotopic (exact) mass is 348 g/mol. The van der Waals surface area contributed by atoms with Crippen LogP contribution in [-0.4, -0.2) is 50.6 Å². The Morgan fingerprint density at radius 2 is 1.91 bits per heavy atom. The van der Waals surface area contributed by atoms with E-state index in [2.05, 4.69) is 10.1 Å². The standard InChI is InChI=1S/C14H18F2N2O4S/c1-23(20,21)18-8-6-10(7-9-18)17-13(19)11-4-2-3-5-12(11)22-14(15)16/h2-5,10,14H,6-9H2,1H3,(H,17,19). The van der Waals surface area contributed by atoms with Gasteiger partial charge in [-0.25, -0.2) is 12.7 Å². The summed E-state index contributed by atoms with van der Waals surface area (Å²) in [6.07, 6.45) is 2.08. The van der Waals surface area contributed by atoms with Crippen molar-refractivity contribution >= 4 is 15.9 Å². The molecule has 2 rings (SSSR count). The Bertz CT molecular complexity index is 658. The highest BCUT2D eigenvalue weighted by atomic mass is 32.2. The maximum absolute atomic E-state index is 12.4. The topological polar surface area (TPSA) is 75.7 Å². The second-order valence-electron chi connectivity index (χ2n) is 5.28. The number of carbonyl (C=O) groups excluding carboxylic acids is 1. The number of para-hydroxylation sites is 1. The SMILES string of the molecule is CS(=O)(=O)N1CCC(NC(=O)c2ccccc2OC(F)F)CC1. The Kier molecular flexibility index (Phi) is 5.53. The fourth-order valence-corrected chi connectivity index (χ4v) is 3.32.